The van der Waals surface area contributed by atoms with E-state index in [1.54, 1.807) is 4.90 Å². The average molecular weight is 316 g/mol. The van der Waals surface area contributed by atoms with Crippen LogP contribution in [0.3, 0.4) is 0 Å². The van der Waals surface area contributed by atoms with Crippen LogP contribution in [0.2, 0.25) is 0 Å². The Morgan fingerprint density at radius 2 is 2.04 bits per heavy atom. The quantitative estimate of drug-likeness (QED) is 0.845. The van der Waals surface area contributed by atoms with Crippen molar-refractivity contribution in [3.8, 4) is 0 Å². The highest BCUT2D eigenvalue weighted by atomic mass is 16.5. The molecular formula is C18H24N2O3. The van der Waals surface area contributed by atoms with Gasteiger partial charge in [0.15, 0.2) is 0 Å². The van der Waals surface area contributed by atoms with Crippen LogP contribution in [0.1, 0.15) is 25.3 Å². The highest BCUT2D eigenvalue weighted by Crippen LogP contribution is 2.32. The molecule has 0 radical (unpaired) electrons. The molecule has 0 aliphatic carbocycles. The number of ether oxygens (including phenoxy) is 1. The summed E-state index contributed by atoms with van der Waals surface area (Å²) in [5.41, 5.74) is 1.09. The van der Waals surface area contributed by atoms with Crippen LogP contribution in [0.25, 0.3) is 0 Å². The summed E-state index contributed by atoms with van der Waals surface area (Å²) in [6, 6.07) is 10.3. The number of carbonyl (C=O) groups excluding carboxylic acids is 2. The minimum Gasteiger partial charge on any atom is -0.370 e. The summed E-state index contributed by atoms with van der Waals surface area (Å²) in [7, 11) is 0. The molecule has 5 nitrogen and oxygen atoms in total. The molecule has 2 fully saturated rings. The van der Waals surface area contributed by atoms with Crippen molar-refractivity contribution in [2.24, 2.45) is 0 Å². The van der Waals surface area contributed by atoms with E-state index >= 15 is 0 Å². The van der Waals surface area contributed by atoms with E-state index in [2.05, 4.69) is 19.1 Å². The van der Waals surface area contributed by atoms with Gasteiger partial charge in [0.05, 0.1) is 13.2 Å². The first kappa shape index (κ1) is 16.0. The van der Waals surface area contributed by atoms with Crippen molar-refractivity contribution in [3.63, 3.8) is 0 Å². The lowest BCUT2D eigenvalue weighted by Gasteiger charge is -2.37. The Kier molecular flexibility index (Phi) is 4.66. The summed E-state index contributed by atoms with van der Waals surface area (Å²) >= 11 is 0. The number of carbonyl (C=O) groups is 2. The van der Waals surface area contributed by atoms with Gasteiger partial charge in [0.25, 0.3) is 0 Å². The Hall–Kier alpha value is -1.88. The zero-order valence-electron chi connectivity index (χ0n) is 13.7. The molecule has 2 heterocycles. The Morgan fingerprint density at radius 1 is 1.26 bits per heavy atom. The normalized spacial score (nSPS) is 25.0. The van der Waals surface area contributed by atoms with Gasteiger partial charge in [0.2, 0.25) is 11.8 Å². The summed E-state index contributed by atoms with van der Waals surface area (Å²) < 4.78 is 5.12. The van der Waals surface area contributed by atoms with Crippen molar-refractivity contribution in [2.45, 2.75) is 31.7 Å². The second-order valence-corrected chi connectivity index (χ2v) is 6.68. The van der Waals surface area contributed by atoms with Crippen LogP contribution in [-0.4, -0.2) is 60.0 Å². The predicted molar refractivity (Wildman–Crippen MR) is 86.9 cm³/mol. The Labute approximate surface area is 137 Å². The van der Waals surface area contributed by atoms with Crippen molar-refractivity contribution in [3.05, 3.63) is 35.9 Å². The number of benzene rings is 1. The summed E-state index contributed by atoms with van der Waals surface area (Å²) in [6.07, 6.45) is 2.88. The van der Waals surface area contributed by atoms with Gasteiger partial charge in [-0.25, -0.2) is 0 Å². The molecule has 0 bridgehead atoms. The van der Waals surface area contributed by atoms with E-state index in [4.69, 9.17) is 4.74 Å². The molecule has 3 rings (SSSR count). The van der Waals surface area contributed by atoms with E-state index in [-0.39, 0.29) is 30.5 Å². The smallest absolute Gasteiger partial charge is 0.249 e. The minimum absolute atomic E-state index is 0.0520. The molecule has 124 valence electrons. The first-order valence-corrected chi connectivity index (χ1v) is 8.28. The third-order valence-electron chi connectivity index (χ3n) is 4.89. The SMILES string of the molecule is CC1(Cc2ccccc2)CCCN1C(=O)CN1CCOCC1=O. The standard InChI is InChI=1S/C18H24N2O3/c1-18(12-15-6-3-2-4-7-15)8-5-9-20(18)16(21)13-19-10-11-23-14-17(19)22/h2-4,6-7H,5,8-14H2,1H3. The maximum absolute atomic E-state index is 12.8. The van der Waals surface area contributed by atoms with E-state index in [0.717, 1.165) is 25.8 Å². The number of morpholine rings is 1. The number of hydrogen-bond donors (Lipinski definition) is 0. The highest BCUT2D eigenvalue weighted by Gasteiger charge is 2.40. The van der Waals surface area contributed by atoms with E-state index in [1.165, 1.54) is 5.56 Å². The van der Waals surface area contributed by atoms with E-state index in [1.807, 2.05) is 23.1 Å². The molecule has 5 heteroatoms. The van der Waals surface area contributed by atoms with Gasteiger partial charge >= 0.3 is 0 Å². The Balaban J connectivity index is 1.67. The highest BCUT2D eigenvalue weighted by molar-refractivity contribution is 5.86. The fraction of sp³-hybridized carbons (Fsp3) is 0.556. The van der Waals surface area contributed by atoms with Gasteiger partial charge in [-0.3, -0.25) is 9.59 Å². The largest absolute Gasteiger partial charge is 0.370 e. The fourth-order valence-corrected chi connectivity index (χ4v) is 3.63. The van der Waals surface area contributed by atoms with Crippen LogP contribution >= 0.6 is 0 Å². The van der Waals surface area contributed by atoms with Crippen molar-refractivity contribution >= 4 is 11.8 Å². The van der Waals surface area contributed by atoms with Gasteiger partial charge < -0.3 is 14.5 Å². The van der Waals surface area contributed by atoms with Crippen LogP contribution in [0.5, 0.6) is 0 Å². The number of amides is 2. The molecule has 2 aliphatic heterocycles. The topological polar surface area (TPSA) is 49.9 Å². The van der Waals surface area contributed by atoms with Crippen LogP contribution in [0, 0.1) is 0 Å². The maximum atomic E-state index is 12.8. The van der Waals surface area contributed by atoms with Gasteiger partial charge in [-0.05, 0) is 31.7 Å². The lowest BCUT2D eigenvalue weighted by atomic mass is 9.90. The number of likely N-dealkylation sites (tertiary alicyclic amines) is 1. The second-order valence-electron chi connectivity index (χ2n) is 6.68. The molecule has 2 amide bonds. The molecule has 23 heavy (non-hydrogen) atoms. The van der Waals surface area contributed by atoms with E-state index in [9.17, 15) is 9.59 Å². The zero-order valence-corrected chi connectivity index (χ0v) is 13.7. The van der Waals surface area contributed by atoms with Crippen LogP contribution in [0.4, 0.5) is 0 Å². The molecule has 0 aromatic heterocycles. The molecule has 1 aromatic carbocycles. The molecule has 1 unspecified atom stereocenters. The second kappa shape index (κ2) is 6.71. The average Bonchev–Trinajstić information content (AvgIpc) is 2.92. The van der Waals surface area contributed by atoms with Crippen molar-refractivity contribution in [1.29, 1.82) is 0 Å². The first-order chi connectivity index (χ1) is 11.1. The van der Waals surface area contributed by atoms with Crippen LogP contribution in [0.15, 0.2) is 30.3 Å². The third kappa shape index (κ3) is 3.55. The lowest BCUT2D eigenvalue weighted by molar-refractivity contribution is -0.149. The molecule has 1 atom stereocenters. The first-order valence-electron chi connectivity index (χ1n) is 8.28. The van der Waals surface area contributed by atoms with Crippen LogP contribution < -0.4 is 0 Å². The maximum Gasteiger partial charge on any atom is 0.249 e. The van der Waals surface area contributed by atoms with E-state index in [0.29, 0.717) is 13.2 Å². The number of hydrogen-bond acceptors (Lipinski definition) is 3. The number of rotatable bonds is 4. The van der Waals surface area contributed by atoms with Gasteiger partial charge in [-0.2, -0.15) is 0 Å². The van der Waals surface area contributed by atoms with Gasteiger partial charge in [0, 0.05) is 18.6 Å². The zero-order chi connectivity index (χ0) is 16.3. The van der Waals surface area contributed by atoms with Crippen LogP contribution in [-0.2, 0) is 20.7 Å². The fourth-order valence-electron chi connectivity index (χ4n) is 3.63. The molecule has 0 spiro atoms. The van der Waals surface area contributed by atoms with Gasteiger partial charge in [0.1, 0.15) is 6.61 Å². The van der Waals surface area contributed by atoms with Gasteiger partial charge in [-0.1, -0.05) is 30.3 Å². The molecular weight excluding hydrogens is 292 g/mol. The molecule has 0 N–H and O–H groups in total. The van der Waals surface area contributed by atoms with E-state index < -0.39 is 0 Å². The van der Waals surface area contributed by atoms with Crippen molar-refractivity contribution in [1.82, 2.24) is 9.80 Å². The van der Waals surface area contributed by atoms with Gasteiger partial charge in [-0.15, -0.1) is 0 Å². The monoisotopic (exact) mass is 316 g/mol. The van der Waals surface area contributed by atoms with Crippen molar-refractivity contribution < 1.29 is 14.3 Å². The summed E-state index contributed by atoms with van der Waals surface area (Å²) in [4.78, 5) is 28.2. The Morgan fingerprint density at radius 3 is 2.78 bits per heavy atom. The third-order valence-corrected chi connectivity index (χ3v) is 4.89. The predicted octanol–water partition coefficient (Wildman–Crippen LogP) is 1.47. The summed E-state index contributed by atoms with van der Waals surface area (Å²) in [5.74, 6) is -0.0373. The van der Waals surface area contributed by atoms with Crippen molar-refractivity contribution in [2.75, 3.05) is 32.8 Å². The number of nitrogens with zero attached hydrogens (tertiary/aromatic N) is 2. The summed E-state index contributed by atoms with van der Waals surface area (Å²) in [6.45, 7) is 4.22. The lowest BCUT2D eigenvalue weighted by Crippen LogP contribution is -2.52. The molecule has 0 saturated carbocycles. The molecule has 1 aromatic rings. The molecule has 2 aliphatic rings. The summed E-state index contributed by atoms with van der Waals surface area (Å²) in [5, 5.41) is 0. The Bertz CT molecular complexity index is 575. The minimum atomic E-state index is -0.159. The molecule has 2 saturated heterocycles.